The molecule has 1 atom stereocenters. The fourth-order valence-corrected chi connectivity index (χ4v) is 1.82. The van der Waals surface area contributed by atoms with Crippen molar-refractivity contribution >= 4 is 0 Å². The van der Waals surface area contributed by atoms with E-state index in [1.54, 1.807) is 0 Å². The van der Waals surface area contributed by atoms with E-state index in [4.69, 9.17) is 0 Å². The summed E-state index contributed by atoms with van der Waals surface area (Å²) in [4.78, 5) is 0. The molecule has 0 saturated heterocycles. The average molecular weight is 207 g/mol. The minimum atomic E-state index is 0.235. The fourth-order valence-electron chi connectivity index (χ4n) is 1.82. The Labute approximate surface area is 92.2 Å². The average Bonchev–Trinajstić information content (AvgIpc) is 2.55. The third-order valence-corrected chi connectivity index (χ3v) is 2.48. The van der Waals surface area contributed by atoms with Crippen LogP contribution in [0.4, 0.5) is 0 Å². The van der Waals surface area contributed by atoms with Gasteiger partial charge in [0, 0.05) is 18.8 Å². The van der Waals surface area contributed by atoms with Gasteiger partial charge >= 0.3 is 0 Å². The van der Waals surface area contributed by atoms with Crippen LogP contribution in [-0.4, -0.2) is 16.3 Å². The Kier molecular flexibility index (Phi) is 4.09. The molecule has 0 aliphatic carbocycles. The molecule has 15 heavy (non-hydrogen) atoms. The molecule has 1 aromatic heterocycles. The smallest absolute Gasteiger partial charge is 0.0672 e. The first-order chi connectivity index (χ1) is 7.10. The van der Waals surface area contributed by atoms with E-state index in [9.17, 15) is 0 Å². The molecular weight excluding hydrogens is 186 g/mol. The van der Waals surface area contributed by atoms with Crippen LogP contribution in [0, 0.1) is 0 Å². The van der Waals surface area contributed by atoms with Crippen molar-refractivity contribution in [1.82, 2.24) is 15.1 Å². The largest absolute Gasteiger partial charge is 0.307 e. The first kappa shape index (κ1) is 12.0. The molecule has 1 unspecified atom stereocenters. The summed E-state index contributed by atoms with van der Waals surface area (Å²) in [5, 5.41) is 7.88. The monoisotopic (exact) mass is 207 g/mol. The van der Waals surface area contributed by atoms with Gasteiger partial charge in [-0.2, -0.15) is 5.10 Å². The zero-order chi connectivity index (χ0) is 11.4. The zero-order valence-corrected chi connectivity index (χ0v) is 10.2. The molecule has 1 heterocycles. The van der Waals surface area contributed by atoms with Crippen molar-refractivity contribution in [3.05, 3.63) is 29.6 Å². The van der Waals surface area contributed by atoms with Crippen LogP contribution in [0.5, 0.6) is 0 Å². The predicted octanol–water partition coefficient (Wildman–Crippen LogP) is 2.21. The van der Waals surface area contributed by atoms with Crippen molar-refractivity contribution < 1.29 is 0 Å². The van der Waals surface area contributed by atoms with Crippen LogP contribution >= 0.6 is 0 Å². The molecule has 0 aliphatic heterocycles. The van der Waals surface area contributed by atoms with E-state index in [1.807, 2.05) is 11.7 Å². The van der Waals surface area contributed by atoms with E-state index in [1.165, 1.54) is 5.56 Å². The third-order valence-electron chi connectivity index (χ3n) is 2.48. The molecule has 0 spiro atoms. The molecule has 0 amide bonds. The number of aryl methyl sites for hydroxylation is 2. The van der Waals surface area contributed by atoms with Crippen molar-refractivity contribution in [1.29, 1.82) is 0 Å². The zero-order valence-electron chi connectivity index (χ0n) is 10.2. The molecular formula is C12H21N3. The summed E-state index contributed by atoms with van der Waals surface area (Å²) in [6.07, 6.45) is 3.05. The molecule has 0 aromatic carbocycles. The second kappa shape index (κ2) is 5.12. The molecule has 1 rings (SSSR count). The normalized spacial score (nSPS) is 12.8. The summed E-state index contributed by atoms with van der Waals surface area (Å²) in [5.41, 5.74) is 3.56. The maximum Gasteiger partial charge on any atom is 0.0672 e. The van der Waals surface area contributed by atoms with Crippen molar-refractivity contribution in [3.8, 4) is 0 Å². The number of nitrogens with one attached hydrogen (secondary N) is 1. The highest BCUT2D eigenvalue weighted by molar-refractivity contribution is 5.28. The van der Waals surface area contributed by atoms with Gasteiger partial charge in [-0.3, -0.25) is 4.68 Å². The molecule has 1 N–H and O–H groups in total. The minimum Gasteiger partial charge on any atom is -0.307 e. The van der Waals surface area contributed by atoms with Crippen molar-refractivity contribution in [2.75, 3.05) is 6.54 Å². The van der Waals surface area contributed by atoms with Crippen LogP contribution in [0.1, 0.15) is 38.1 Å². The van der Waals surface area contributed by atoms with Crippen LogP contribution in [0.2, 0.25) is 0 Å². The van der Waals surface area contributed by atoms with Crippen molar-refractivity contribution in [3.63, 3.8) is 0 Å². The molecule has 0 radical (unpaired) electrons. The Balaban J connectivity index is 3.03. The summed E-state index contributed by atoms with van der Waals surface area (Å²) in [5.74, 6) is 0. The second-order valence-corrected chi connectivity index (χ2v) is 3.90. The van der Waals surface area contributed by atoms with E-state index < -0.39 is 0 Å². The van der Waals surface area contributed by atoms with Gasteiger partial charge in [-0.05, 0) is 19.9 Å². The van der Waals surface area contributed by atoms with Gasteiger partial charge in [0.25, 0.3) is 0 Å². The Morgan fingerprint density at radius 2 is 2.27 bits per heavy atom. The van der Waals surface area contributed by atoms with Gasteiger partial charge in [0.15, 0.2) is 0 Å². The summed E-state index contributed by atoms with van der Waals surface area (Å²) < 4.78 is 1.88. The Bertz CT molecular complexity index is 339. The minimum absolute atomic E-state index is 0.235. The van der Waals surface area contributed by atoms with Gasteiger partial charge in [0.2, 0.25) is 0 Å². The summed E-state index contributed by atoms with van der Waals surface area (Å²) in [6.45, 7) is 11.3. The lowest BCUT2D eigenvalue weighted by Gasteiger charge is -2.17. The summed E-state index contributed by atoms with van der Waals surface area (Å²) in [6, 6.07) is 0.235. The van der Waals surface area contributed by atoms with Crippen LogP contribution in [0.25, 0.3) is 0 Å². The summed E-state index contributed by atoms with van der Waals surface area (Å²) >= 11 is 0. The molecule has 1 aromatic rings. The Morgan fingerprint density at radius 3 is 2.73 bits per heavy atom. The topological polar surface area (TPSA) is 29.9 Å². The second-order valence-electron chi connectivity index (χ2n) is 3.90. The Morgan fingerprint density at radius 1 is 1.60 bits per heavy atom. The van der Waals surface area contributed by atoms with Gasteiger partial charge in [-0.1, -0.05) is 26.0 Å². The van der Waals surface area contributed by atoms with E-state index in [-0.39, 0.29) is 6.04 Å². The maximum absolute atomic E-state index is 4.45. The SMILES string of the molecule is C=C(C)C(NCC)c1cn(C)nc1CC. The number of nitrogens with zero attached hydrogens (tertiary/aromatic N) is 2. The van der Waals surface area contributed by atoms with E-state index >= 15 is 0 Å². The highest BCUT2D eigenvalue weighted by Crippen LogP contribution is 2.23. The van der Waals surface area contributed by atoms with Crippen LogP contribution < -0.4 is 5.32 Å². The van der Waals surface area contributed by atoms with E-state index in [2.05, 4.69) is 44.0 Å². The lowest BCUT2D eigenvalue weighted by molar-refractivity contribution is 0.616. The first-order valence-corrected chi connectivity index (χ1v) is 5.51. The van der Waals surface area contributed by atoms with Crippen LogP contribution in [0.3, 0.4) is 0 Å². The van der Waals surface area contributed by atoms with Gasteiger partial charge in [-0.15, -0.1) is 0 Å². The third kappa shape index (κ3) is 2.69. The van der Waals surface area contributed by atoms with Crippen molar-refractivity contribution in [2.24, 2.45) is 7.05 Å². The first-order valence-electron chi connectivity index (χ1n) is 5.51. The number of rotatable bonds is 5. The van der Waals surface area contributed by atoms with Gasteiger partial charge in [0.05, 0.1) is 11.7 Å². The lowest BCUT2D eigenvalue weighted by atomic mass is 10.0. The van der Waals surface area contributed by atoms with Gasteiger partial charge < -0.3 is 5.32 Å². The molecule has 0 aliphatic rings. The highest BCUT2D eigenvalue weighted by Gasteiger charge is 2.17. The standard InChI is InChI=1S/C12H21N3/c1-6-11-10(8-15(5)14-11)12(9(3)4)13-7-2/h8,12-13H,3,6-7H2,1-2,4-5H3. The quantitative estimate of drug-likeness (QED) is 0.750. The number of aromatic nitrogens is 2. The molecule has 0 bridgehead atoms. The molecule has 3 nitrogen and oxygen atoms in total. The number of likely N-dealkylation sites (N-methyl/N-ethyl adjacent to an activating group) is 1. The number of hydrogen-bond acceptors (Lipinski definition) is 2. The fraction of sp³-hybridized carbons (Fsp3) is 0.583. The maximum atomic E-state index is 4.45. The highest BCUT2D eigenvalue weighted by atomic mass is 15.3. The molecule has 3 heteroatoms. The van der Waals surface area contributed by atoms with Crippen LogP contribution in [0.15, 0.2) is 18.3 Å². The van der Waals surface area contributed by atoms with Crippen LogP contribution in [-0.2, 0) is 13.5 Å². The molecule has 0 fully saturated rings. The Hall–Kier alpha value is -1.09. The van der Waals surface area contributed by atoms with E-state index in [0.29, 0.717) is 0 Å². The van der Waals surface area contributed by atoms with Gasteiger partial charge in [0.1, 0.15) is 0 Å². The van der Waals surface area contributed by atoms with E-state index in [0.717, 1.165) is 24.2 Å². The molecule has 0 saturated carbocycles. The van der Waals surface area contributed by atoms with Gasteiger partial charge in [-0.25, -0.2) is 0 Å². The van der Waals surface area contributed by atoms with Crippen molar-refractivity contribution in [2.45, 2.75) is 33.2 Å². The summed E-state index contributed by atoms with van der Waals surface area (Å²) in [7, 11) is 1.96. The lowest BCUT2D eigenvalue weighted by Crippen LogP contribution is -2.22. The molecule has 84 valence electrons. The predicted molar refractivity (Wildman–Crippen MR) is 63.8 cm³/mol. The number of hydrogen-bond donors (Lipinski definition) is 1.